The van der Waals surface area contributed by atoms with E-state index in [1.807, 2.05) is 6.08 Å². The van der Waals surface area contributed by atoms with Crippen LogP contribution in [0.2, 0.25) is 0 Å². The molecule has 1 unspecified atom stereocenters. The highest BCUT2D eigenvalue weighted by Crippen LogP contribution is 2.48. The molecular formula is C17H18O5S. The van der Waals surface area contributed by atoms with Gasteiger partial charge < -0.3 is 14.9 Å². The van der Waals surface area contributed by atoms with E-state index in [9.17, 15) is 18.6 Å². The average Bonchev–Trinajstić information content (AvgIpc) is 2.83. The Morgan fingerprint density at radius 3 is 2.74 bits per heavy atom. The van der Waals surface area contributed by atoms with Crippen molar-refractivity contribution in [3.05, 3.63) is 47.7 Å². The monoisotopic (exact) mass is 334 g/mol. The molecule has 0 spiro atoms. The van der Waals surface area contributed by atoms with E-state index >= 15 is 0 Å². The Balaban J connectivity index is 1.75. The van der Waals surface area contributed by atoms with Gasteiger partial charge in [-0.25, -0.2) is 8.42 Å². The van der Waals surface area contributed by atoms with Crippen LogP contribution in [0, 0.1) is 11.8 Å². The molecule has 6 heteroatoms. The third kappa shape index (κ3) is 2.51. The van der Waals surface area contributed by atoms with E-state index in [2.05, 4.69) is 0 Å². The first-order valence-electron chi connectivity index (χ1n) is 7.70. The molecule has 1 aromatic carbocycles. The van der Waals surface area contributed by atoms with Gasteiger partial charge in [-0.3, -0.25) is 0 Å². The smallest absolute Gasteiger partial charge is 0.151 e. The van der Waals surface area contributed by atoms with Crippen LogP contribution in [0.5, 0.6) is 11.5 Å². The lowest BCUT2D eigenvalue weighted by Gasteiger charge is -2.39. The van der Waals surface area contributed by atoms with Crippen LogP contribution in [0.15, 0.2) is 42.2 Å². The zero-order valence-corrected chi connectivity index (χ0v) is 13.2. The minimum atomic E-state index is -3.12. The number of fused-ring (bicyclic) bond motifs is 3. The van der Waals surface area contributed by atoms with Crippen LogP contribution in [0.4, 0.5) is 0 Å². The third-order valence-corrected chi connectivity index (χ3v) is 6.77. The van der Waals surface area contributed by atoms with Crippen molar-refractivity contribution < 1.29 is 23.4 Å². The number of allylic oxidation sites excluding steroid dienone is 2. The Kier molecular flexibility index (Phi) is 3.20. The van der Waals surface area contributed by atoms with E-state index in [1.54, 1.807) is 30.4 Å². The van der Waals surface area contributed by atoms with Crippen molar-refractivity contribution in [1.29, 1.82) is 0 Å². The topological polar surface area (TPSA) is 83.8 Å². The van der Waals surface area contributed by atoms with Crippen LogP contribution in [0.25, 0.3) is 0 Å². The van der Waals surface area contributed by atoms with E-state index in [-0.39, 0.29) is 46.9 Å². The number of aliphatic hydroxyl groups is 1. The highest BCUT2D eigenvalue weighted by Gasteiger charge is 2.49. The second-order valence-electron chi connectivity index (χ2n) is 6.54. The third-order valence-electron chi connectivity index (χ3n) is 5.01. The Morgan fingerprint density at radius 2 is 2.00 bits per heavy atom. The Morgan fingerprint density at radius 1 is 1.17 bits per heavy atom. The van der Waals surface area contributed by atoms with E-state index in [1.165, 1.54) is 0 Å². The standard InChI is InChI=1S/C17H18O5S/c18-11-3-1-10(2-4-11)17-15-9-23(20,21)8-14(15)13-7-12(19)5-6-16(13)22-17/h1,3-7,10,14-15,17-19H,2,8-9H2/t10-,14+,15+,17?/m1/s1. The maximum Gasteiger partial charge on any atom is 0.151 e. The molecule has 2 aliphatic heterocycles. The molecule has 0 saturated carbocycles. The summed E-state index contributed by atoms with van der Waals surface area (Å²) in [5.41, 5.74) is 0.783. The fourth-order valence-electron chi connectivity index (χ4n) is 3.96. The fourth-order valence-corrected chi connectivity index (χ4v) is 6.08. The molecule has 1 aromatic rings. The molecule has 4 atom stereocenters. The number of aliphatic hydroxyl groups excluding tert-OH is 1. The minimum absolute atomic E-state index is 0.0358. The number of hydrogen-bond donors (Lipinski definition) is 2. The number of phenols is 1. The van der Waals surface area contributed by atoms with Crippen LogP contribution in [0.1, 0.15) is 17.9 Å². The van der Waals surface area contributed by atoms with Crippen LogP contribution < -0.4 is 4.74 Å². The van der Waals surface area contributed by atoms with Crippen LogP contribution in [-0.4, -0.2) is 36.2 Å². The number of phenolic OH excluding ortho intramolecular Hbond substituents is 1. The second kappa shape index (κ2) is 5.03. The number of ether oxygens (including phenoxy) is 1. The average molecular weight is 334 g/mol. The number of rotatable bonds is 1. The van der Waals surface area contributed by atoms with Gasteiger partial charge in [0.25, 0.3) is 0 Å². The van der Waals surface area contributed by atoms with E-state index in [0.29, 0.717) is 12.2 Å². The van der Waals surface area contributed by atoms with Crippen LogP contribution >= 0.6 is 0 Å². The second-order valence-corrected chi connectivity index (χ2v) is 8.69. The number of benzene rings is 1. The van der Waals surface area contributed by atoms with Crippen molar-refractivity contribution in [1.82, 2.24) is 0 Å². The maximum absolute atomic E-state index is 12.2. The summed E-state index contributed by atoms with van der Waals surface area (Å²) < 4.78 is 30.5. The molecule has 5 nitrogen and oxygen atoms in total. The van der Waals surface area contributed by atoms with Crippen molar-refractivity contribution >= 4 is 9.84 Å². The molecule has 0 amide bonds. The molecule has 4 rings (SSSR count). The van der Waals surface area contributed by atoms with E-state index in [4.69, 9.17) is 4.74 Å². The Labute approximate surface area is 134 Å². The van der Waals surface area contributed by atoms with E-state index in [0.717, 1.165) is 5.56 Å². The summed E-state index contributed by atoms with van der Waals surface area (Å²) in [5, 5.41) is 19.2. The van der Waals surface area contributed by atoms with Crippen molar-refractivity contribution in [3.63, 3.8) is 0 Å². The predicted octanol–water partition coefficient (Wildman–Crippen LogP) is 2.30. The van der Waals surface area contributed by atoms with Crippen molar-refractivity contribution in [2.24, 2.45) is 11.8 Å². The van der Waals surface area contributed by atoms with Gasteiger partial charge in [0, 0.05) is 23.3 Å². The molecule has 1 aliphatic carbocycles. The molecule has 0 bridgehead atoms. The lowest BCUT2D eigenvalue weighted by Crippen LogP contribution is -2.41. The van der Waals surface area contributed by atoms with Crippen LogP contribution in [-0.2, 0) is 9.84 Å². The number of hydrogen-bond acceptors (Lipinski definition) is 5. The largest absolute Gasteiger partial charge is 0.508 e. The first kappa shape index (κ1) is 14.6. The van der Waals surface area contributed by atoms with Gasteiger partial charge in [0.2, 0.25) is 0 Å². The summed E-state index contributed by atoms with van der Waals surface area (Å²) >= 11 is 0. The fraction of sp³-hybridized carbons (Fsp3) is 0.412. The van der Waals surface area contributed by atoms with Gasteiger partial charge in [0.1, 0.15) is 23.4 Å². The summed E-state index contributed by atoms with van der Waals surface area (Å²) in [7, 11) is -3.12. The summed E-state index contributed by atoms with van der Waals surface area (Å²) in [5.74, 6) is 0.985. The lowest BCUT2D eigenvalue weighted by molar-refractivity contribution is 0.0759. The SMILES string of the molecule is O=S1(=O)C[C@@H]2C([C@@H]3C=CC(O)=CC3)Oc3ccc(O)cc3[C@@H]2C1. The molecule has 3 aliphatic rings. The first-order valence-corrected chi connectivity index (χ1v) is 9.52. The molecular weight excluding hydrogens is 316 g/mol. The van der Waals surface area contributed by atoms with Gasteiger partial charge in [-0.15, -0.1) is 0 Å². The summed E-state index contributed by atoms with van der Waals surface area (Å²) in [6.07, 6.45) is 5.66. The number of sulfone groups is 1. The summed E-state index contributed by atoms with van der Waals surface area (Å²) in [4.78, 5) is 0. The highest BCUT2D eigenvalue weighted by molar-refractivity contribution is 7.91. The van der Waals surface area contributed by atoms with Crippen molar-refractivity contribution in [3.8, 4) is 11.5 Å². The first-order chi connectivity index (χ1) is 10.9. The molecule has 1 fully saturated rings. The van der Waals surface area contributed by atoms with E-state index < -0.39 is 9.84 Å². The number of aromatic hydroxyl groups is 1. The molecule has 2 N–H and O–H groups in total. The van der Waals surface area contributed by atoms with Gasteiger partial charge in [-0.2, -0.15) is 0 Å². The highest BCUT2D eigenvalue weighted by atomic mass is 32.2. The normalized spacial score (nSPS) is 34.2. The molecule has 0 radical (unpaired) electrons. The van der Waals surface area contributed by atoms with Crippen LogP contribution in [0.3, 0.4) is 0 Å². The summed E-state index contributed by atoms with van der Waals surface area (Å²) in [6.45, 7) is 0. The van der Waals surface area contributed by atoms with Crippen molar-refractivity contribution in [2.45, 2.75) is 18.4 Å². The Bertz CT molecular complexity index is 808. The van der Waals surface area contributed by atoms with Crippen molar-refractivity contribution in [2.75, 3.05) is 11.5 Å². The maximum atomic E-state index is 12.2. The Hall–Kier alpha value is -1.95. The van der Waals surface area contributed by atoms with Gasteiger partial charge in [-0.1, -0.05) is 6.08 Å². The van der Waals surface area contributed by atoms with Gasteiger partial charge in [0.15, 0.2) is 9.84 Å². The predicted molar refractivity (Wildman–Crippen MR) is 85.4 cm³/mol. The zero-order valence-electron chi connectivity index (χ0n) is 12.4. The molecule has 23 heavy (non-hydrogen) atoms. The molecule has 2 heterocycles. The van der Waals surface area contributed by atoms with Gasteiger partial charge in [0.05, 0.1) is 11.5 Å². The summed E-state index contributed by atoms with van der Waals surface area (Å²) in [6, 6.07) is 4.88. The molecule has 0 aromatic heterocycles. The minimum Gasteiger partial charge on any atom is -0.508 e. The molecule has 1 saturated heterocycles. The van der Waals surface area contributed by atoms with Gasteiger partial charge in [-0.05, 0) is 36.8 Å². The quantitative estimate of drug-likeness (QED) is 0.823. The van der Waals surface area contributed by atoms with Gasteiger partial charge >= 0.3 is 0 Å². The molecule has 122 valence electrons. The lowest BCUT2D eigenvalue weighted by atomic mass is 9.76. The zero-order chi connectivity index (χ0) is 16.2.